The zero-order valence-electron chi connectivity index (χ0n) is 28.3. The van der Waals surface area contributed by atoms with E-state index in [1.807, 2.05) is 60.7 Å². The second-order valence-corrected chi connectivity index (χ2v) is 21.1. The first-order valence-electron chi connectivity index (χ1n) is 16.5. The molecule has 6 rings (SSSR count). The molecule has 252 valence electrons. The Morgan fingerprint density at radius 1 is 1.11 bits per heavy atom. The highest BCUT2D eigenvalue weighted by Crippen LogP contribution is 2.30. The van der Waals surface area contributed by atoms with Crippen LogP contribution in [0.5, 0.6) is 0 Å². The summed E-state index contributed by atoms with van der Waals surface area (Å²) in [5.74, 6) is 0.585. The number of hydrogen-bond acceptors (Lipinski definition) is 10. The van der Waals surface area contributed by atoms with Crippen molar-refractivity contribution in [3.8, 4) is 11.1 Å². The Labute approximate surface area is 280 Å². The van der Waals surface area contributed by atoms with E-state index >= 15 is 0 Å². The molecule has 12 nitrogen and oxygen atoms in total. The highest BCUT2D eigenvalue weighted by atomic mass is 32.1. The van der Waals surface area contributed by atoms with Crippen LogP contribution in [0.1, 0.15) is 63.6 Å². The first-order chi connectivity index (χ1) is 22.4. The number of amides is 1. The van der Waals surface area contributed by atoms with Gasteiger partial charge in [0.2, 0.25) is 4.80 Å². The fourth-order valence-electron chi connectivity index (χ4n) is 5.57. The summed E-state index contributed by atoms with van der Waals surface area (Å²) in [6.45, 7) is 15.8. The lowest BCUT2D eigenvalue weighted by atomic mass is 10.1. The van der Waals surface area contributed by atoms with Gasteiger partial charge >= 0.3 is 6.09 Å². The molecule has 0 aliphatic carbocycles. The molecule has 6 heterocycles. The number of ether oxygens (including phenoxy) is 3. The summed E-state index contributed by atoms with van der Waals surface area (Å²) in [5, 5.41) is 10.4. The molecule has 0 bridgehead atoms. The highest BCUT2D eigenvalue weighted by molar-refractivity contribution is 7.08. The van der Waals surface area contributed by atoms with Gasteiger partial charge in [-0.3, -0.25) is 9.67 Å². The van der Waals surface area contributed by atoms with E-state index in [1.54, 1.807) is 4.90 Å². The topological polar surface area (TPSA) is 122 Å². The fraction of sp³-hybridized carbons (Fsp3) is 0.576. The third-order valence-corrected chi connectivity index (χ3v) is 11.0. The molecule has 1 amide bonds. The van der Waals surface area contributed by atoms with Gasteiger partial charge in [0.05, 0.1) is 23.3 Å². The van der Waals surface area contributed by atoms with Gasteiger partial charge in [-0.1, -0.05) is 31.0 Å². The van der Waals surface area contributed by atoms with Gasteiger partial charge in [0, 0.05) is 57.9 Å². The number of hydrogen-bond donors (Lipinski definition) is 0. The smallest absolute Gasteiger partial charge is 0.410 e. The van der Waals surface area contributed by atoms with Gasteiger partial charge < -0.3 is 19.1 Å². The van der Waals surface area contributed by atoms with Gasteiger partial charge in [0.15, 0.2) is 5.82 Å². The second-order valence-electron chi connectivity index (χ2n) is 14.5. The molecule has 2 aliphatic heterocycles. The number of aromatic nitrogens is 6. The Bertz CT molecular complexity index is 1760. The minimum atomic E-state index is -1.20. The predicted octanol–water partition coefficient (Wildman–Crippen LogP) is 6.72. The Morgan fingerprint density at radius 2 is 1.91 bits per heavy atom. The van der Waals surface area contributed by atoms with Gasteiger partial charge in [-0.25, -0.2) is 14.5 Å². The zero-order valence-corrected chi connectivity index (χ0v) is 30.1. The minimum Gasteiger partial charge on any atom is -0.444 e. The summed E-state index contributed by atoms with van der Waals surface area (Å²) in [6.07, 6.45) is 9.17. The number of nitrogens with zero attached hydrogens (tertiary/aromatic N) is 8. The van der Waals surface area contributed by atoms with Gasteiger partial charge in [0.1, 0.15) is 23.4 Å². The first-order valence-corrected chi connectivity index (χ1v) is 21.0. The van der Waals surface area contributed by atoms with Gasteiger partial charge in [-0.2, -0.15) is 15.2 Å². The maximum absolute atomic E-state index is 12.5. The zero-order chi connectivity index (χ0) is 33.2. The van der Waals surface area contributed by atoms with Crippen molar-refractivity contribution in [3.63, 3.8) is 0 Å². The molecule has 0 aromatic carbocycles. The third-order valence-electron chi connectivity index (χ3n) is 8.21. The van der Waals surface area contributed by atoms with Crippen LogP contribution in [0.2, 0.25) is 25.7 Å². The van der Waals surface area contributed by atoms with Gasteiger partial charge in [0.25, 0.3) is 0 Å². The summed E-state index contributed by atoms with van der Waals surface area (Å²) in [4.78, 5) is 29.5. The van der Waals surface area contributed by atoms with Crippen molar-refractivity contribution in [1.29, 1.82) is 0 Å². The van der Waals surface area contributed by atoms with Crippen LogP contribution in [-0.2, 0) is 20.9 Å². The maximum Gasteiger partial charge on any atom is 0.410 e. The number of fused-ring (bicyclic) bond motifs is 1. The van der Waals surface area contributed by atoms with E-state index in [-0.39, 0.29) is 18.2 Å². The molecule has 1 unspecified atom stereocenters. The van der Waals surface area contributed by atoms with Crippen molar-refractivity contribution in [2.75, 3.05) is 26.3 Å². The number of carbonyl (C=O) groups is 1. The van der Waals surface area contributed by atoms with Crippen molar-refractivity contribution < 1.29 is 19.0 Å². The molecular formula is C33H46N8O4SSi. The van der Waals surface area contributed by atoms with Crippen LogP contribution >= 0.6 is 11.3 Å². The lowest BCUT2D eigenvalue weighted by Gasteiger charge is -2.33. The summed E-state index contributed by atoms with van der Waals surface area (Å²) >= 11 is 1.53. The Kier molecular flexibility index (Phi) is 9.92. The number of carbonyl (C=O) groups excluding carboxylic acids is 1. The number of likely N-dealkylation sites (tertiary alicyclic amines) is 1. The van der Waals surface area contributed by atoms with Crippen molar-refractivity contribution >= 4 is 42.4 Å². The standard InChI is InChI=1S/C33H46N8O4SSi/c1-33(2,3)45-32(42)39-13-11-25(12-14-39)40-21-24(20-35-40)23-18-27-26(34-19-23)9-10-29(36-27)37-31-41(22-43-16-17-47(4,5)6)38-30(46-31)28-8-7-15-44-28/h9-10,18-21,25,28H,7-8,11-17,22H2,1-6H3/b37-31-. The molecule has 0 saturated carbocycles. The Balaban J connectivity index is 1.18. The fourth-order valence-corrected chi connectivity index (χ4v) is 7.30. The minimum absolute atomic E-state index is 0.00643. The van der Waals surface area contributed by atoms with Crippen molar-refractivity contribution in [1.82, 2.24) is 34.4 Å². The summed E-state index contributed by atoms with van der Waals surface area (Å²) < 4.78 is 21.3. The second kappa shape index (κ2) is 13.9. The normalized spacial score (nSPS) is 18.4. The van der Waals surface area contributed by atoms with E-state index in [0.29, 0.717) is 32.2 Å². The quantitative estimate of drug-likeness (QED) is 0.141. The van der Waals surface area contributed by atoms with Crippen LogP contribution in [0.25, 0.3) is 22.2 Å². The molecule has 47 heavy (non-hydrogen) atoms. The van der Waals surface area contributed by atoms with Crippen molar-refractivity contribution in [3.05, 3.63) is 46.6 Å². The lowest BCUT2D eigenvalue weighted by molar-refractivity contribution is 0.0184. The highest BCUT2D eigenvalue weighted by Gasteiger charge is 2.28. The summed E-state index contributed by atoms with van der Waals surface area (Å²) in [5.41, 5.74) is 2.95. The SMILES string of the molecule is CC(C)(C)OC(=O)N1CCC(n2cc(-c3cnc4ccc(/N=c5\sc(C6CCCO6)nn5COCC[Si](C)(C)C)nc4c3)cn2)CC1. The van der Waals surface area contributed by atoms with Crippen molar-refractivity contribution in [2.45, 2.75) is 96.6 Å². The third kappa shape index (κ3) is 8.72. The molecule has 2 fully saturated rings. The average Bonchev–Trinajstić information content (AvgIpc) is 3.80. The molecule has 0 radical (unpaired) electrons. The molecule has 2 aliphatic rings. The van der Waals surface area contributed by atoms with Crippen LogP contribution in [0.3, 0.4) is 0 Å². The predicted molar refractivity (Wildman–Crippen MR) is 184 cm³/mol. The molecule has 4 aromatic rings. The van der Waals surface area contributed by atoms with Crippen LogP contribution in [0.15, 0.2) is 41.8 Å². The van der Waals surface area contributed by atoms with Gasteiger partial charge in [-0.05, 0) is 70.7 Å². The summed E-state index contributed by atoms with van der Waals surface area (Å²) in [6, 6.07) is 7.18. The Hall–Kier alpha value is -3.46. The van der Waals surface area contributed by atoms with E-state index in [1.165, 1.54) is 11.3 Å². The van der Waals surface area contributed by atoms with E-state index in [2.05, 4.69) is 35.9 Å². The molecule has 14 heteroatoms. The average molecular weight is 679 g/mol. The molecule has 1 atom stereocenters. The monoisotopic (exact) mass is 678 g/mol. The van der Waals surface area contributed by atoms with Crippen LogP contribution in [0.4, 0.5) is 10.6 Å². The summed E-state index contributed by atoms with van der Waals surface area (Å²) in [7, 11) is -1.20. The lowest BCUT2D eigenvalue weighted by Crippen LogP contribution is -2.42. The van der Waals surface area contributed by atoms with E-state index in [0.717, 1.165) is 70.3 Å². The Morgan fingerprint density at radius 3 is 2.64 bits per heavy atom. The van der Waals surface area contributed by atoms with Crippen LogP contribution in [0, 0.1) is 0 Å². The van der Waals surface area contributed by atoms with Crippen LogP contribution in [-0.4, -0.2) is 80.5 Å². The first kappa shape index (κ1) is 33.4. The largest absolute Gasteiger partial charge is 0.444 e. The van der Waals surface area contributed by atoms with E-state index in [4.69, 9.17) is 29.3 Å². The van der Waals surface area contributed by atoms with Gasteiger partial charge in [-0.15, -0.1) is 0 Å². The molecule has 0 spiro atoms. The molecule has 4 aromatic heterocycles. The molecule has 0 N–H and O–H groups in total. The number of pyridine rings is 2. The number of rotatable bonds is 9. The molecule has 2 saturated heterocycles. The van der Waals surface area contributed by atoms with E-state index in [9.17, 15) is 4.79 Å². The maximum atomic E-state index is 12.5. The van der Waals surface area contributed by atoms with Crippen molar-refractivity contribution in [2.24, 2.45) is 4.99 Å². The van der Waals surface area contributed by atoms with Crippen LogP contribution < -0.4 is 4.80 Å². The molecular weight excluding hydrogens is 633 g/mol. The van der Waals surface area contributed by atoms with E-state index < -0.39 is 13.7 Å². The number of piperidine rings is 1.